The first-order valence-corrected chi connectivity index (χ1v) is 6.56. The van der Waals surface area contributed by atoms with Crippen LogP contribution in [0.4, 0.5) is 4.39 Å². The quantitative estimate of drug-likeness (QED) is 0.915. The van der Waals surface area contributed by atoms with Gasteiger partial charge < -0.3 is 10.8 Å². The lowest BCUT2D eigenvalue weighted by atomic mass is 10.2. The Labute approximate surface area is 110 Å². The van der Waals surface area contributed by atoms with Crippen molar-refractivity contribution in [3.05, 3.63) is 39.6 Å². The molecule has 0 fully saturated rings. The van der Waals surface area contributed by atoms with Crippen LogP contribution in [0.25, 0.3) is 10.6 Å². The van der Waals surface area contributed by atoms with Crippen LogP contribution >= 0.6 is 27.3 Å². The number of aromatic nitrogens is 1. The predicted octanol–water partition coefficient (Wildman–Crippen LogP) is 2.70. The van der Waals surface area contributed by atoms with Crippen LogP contribution in [-0.2, 0) is 0 Å². The van der Waals surface area contributed by atoms with Gasteiger partial charge in [0.2, 0.25) is 0 Å². The van der Waals surface area contributed by atoms with Gasteiger partial charge in [0.05, 0.1) is 18.3 Å². The molecule has 2 rings (SSSR count). The lowest BCUT2D eigenvalue weighted by Gasteiger charge is -2.03. The summed E-state index contributed by atoms with van der Waals surface area (Å²) < 4.78 is 14.4. The van der Waals surface area contributed by atoms with Gasteiger partial charge in [0.1, 0.15) is 10.8 Å². The van der Waals surface area contributed by atoms with Crippen LogP contribution in [0.5, 0.6) is 0 Å². The minimum atomic E-state index is -0.518. The third-order valence-electron chi connectivity index (χ3n) is 2.26. The monoisotopic (exact) mass is 316 g/mol. The molecular weight excluding hydrogens is 307 g/mol. The molecule has 1 atom stereocenters. The van der Waals surface area contributed by atoms with E-state index in [9.17, 15) is 4.39 Å². The summed E-state index contributed by atoms with van der Waals surface area (Å²) in [5.41, 5.74) is 6.65. The topological polar surface area (TPSA) is 59.1 Å². The van der Waals surface area contributed by atoms with Crippen LogP contribution in [0, 0.1) is 5.82 Å². The number of benzene rings is 1. The second kappa shape index (κ2) is 5.22. The first-order chi connectivity index (χ1) is 8.11. The third kappa shape index (κ3) is 2.71. The predicted molar refractivity (Wildman–Crippen MR) is 69.2 cm³/mol. The zero-order valence-corrected chi connectivity index (χ0v) is 11.1. The molecule has 1 aromatic carbocycles. The van der Waals surface area contributed by atoms with E-state index in [1.54, 1.807) is 17.5 Å². The Morgan fingerprint density at radius 1 is 1.53 bits per heavy atom. The summed E-state index contributed by atoms with van der Waals surface area (Å²) in [6.45, 7) is -0.176. The molecule has 0 saturated heterocycles. The number of nitrogens with zero attached hydrogens (tertiary/aromatic N) is 1. The highest BCUT2D eigenvalue weighted by molar-refractivity contribution is 9.10. The van der Waals surface area contributed by atoms with E-state index in [0.29, 0.717) is 16.3 Å². The van der Waals surface area contributed by atoms with Crippen molar-refractivity contribution in [2.75, 3.05) is 6.61 Å². The van der Waals surface area contributed by atoms with E-state index < -0.39 is 6.04 Å². The van der Waals surface area contributed by atoms with Gasteiger partial charge in [-0.1, -0.05) is 15.9 Å². The van der Waals surface area contributed by atoms with E-state index in [-0.39, 0.29) is 12.4 Å². The van der Waals surface area contributed by atoms with E-state index in [0.717, 1.165) is 4.47 Å². The molecule has 3 nitrogen and oxygen atoms in total. The van der Waals surface area contributed by atoms with E-state index >= 15 is 0 Å². The molecule has 0 radical (unpaired) electrons. The molecular formula is C11H10BrFN2OS. The summed E-state index contributed by atoms with van der Waals surface area (Å²) in [7, 11) is 0. The minimum absolute atomic E-state index is 0.176. The van der Waals surface area contributed by atoms with Gasteiger partial charge in [-0.25, -0.2) is 9.37 Å². The van der Waals surface area contributed by atoms with Crippen LogP contribution in [0.15, 0.2) is 28.1 Å². The lowest BCUT2D eigenvalue weighted by molar-refractivity contribution is 0.266. The number of aliphatic hydroxyl groups excluding tert-OH is 1. The number of hydrogen-bond donors (Lipinski definition) is 2. The van der Waals surface area contributed by atoms with Crippen molar-refractivity contribution in [2.24, 2.45) is 5.73 Å². The second-order valence-electron chi connectivity index (χ2n) is 3.49. The first kappa shape index (κ1) is 12.6. The zero-order chi connectivity index (χ0) is 12.4. The van der Waals surface area contributed by atoms with Crippen molar-refractivity contribution in [2.45, 2.75) is 6.04 Å². The molecule has 0 bridgehead atoms. The molecule has 0 saturated carbocycles. The zero-order valence-electron chi connectivity index (χ0n) is 8.73. The molecule has 1 heterocycles. The number of aliphatic hydroxyl groups is 1. The van der Waals surface area contributed by atoms with Crippen LogP contribution < -0.4 is 5.73 Å². The normalized spacial score (nSPS) is 12.7. The molecule has 17 heavy (non-hydrogen) atoms. The fraction of sp³-hybridized carbons (Fsp3) is 0.182. The van der Waals surface area contributed by atoms with Crippen LogP contribution in [-0.4, -0.2) is 16.7 Å². The number of halogens is 2. The molecule has 0 amide bonds. The molecule has 0 aliphatic rings. The summed E-state index contributed by atoms with van der Waals surface area (Å²) in [5.74, 6) is -0.327. The number of nitrogens with two attached hydrogens (primary N) is 1. The Hall–Kier alpha value is -0.820. The number of hydrogen-bond acceptors (Lipinski definition) is 4. The minimum Gasteiger partial charge on any atom is -0.394 e. The number of thiazole rings is 1. The molecule has 0 aliphatic heterocycles. The van der Waals surface area contributed by atoms with E-state index in [2.05, 4.69) is 20.9 Å². The van der Waals surface area contributed by atoms with E-state index in [1.807, 2.05) is 0 Å². The SMILES string of the molecule is NC(CO)c1csc(-c2cc(Br)ccc2F)n1. The highest BCUT2D eigenvalue weighted by Crippen LogP contribution is 2.29. The average Bonchev–Trinajstić information content (AvgIpc) is 2.80. The van der Waals surface area contributed by atoms with Crippen LogP contribution in [0.1, 0.15) is 11.7 Å². The fourth-order valence-electron chi connectivity index (χ4n) is 1.34. The Balaban J connectivity index is 2.40. The average molecular weight is 317 g/mol. The summed E-state index contributed by atoms with van der Waals surface area (Å²) in [6, 6.07) is 4.16. The van der Waals surface area contributed by atoms with Gasteiger partial charge in [0.15, 0.2) is 0 Å². The van der Waals surface area contributed by atoms with E-state index in [4.69, 9.17) is 10.8 Å². The molecule has 6 heteroatoms. The maximum Gasteiger partial charge on any atom is 0.133 e. The van der Waals surface area contributed by atoms with Gasteiger partial charge in [-0.05, 0) is 18.2 Å². The molecule has 1 unspecified atom stereocenters. The van der Waals surface area contributed by atoms with Gasteiger partial charge >= 0.3 is 0 Å². The molecule has 1 aromatic heterocycles. The molecule has 90 valence electrons. The summed E-state index contributed by atoms with van der Waals surface area (Å²) in [4.78, 5) is 4.23. The van der Waals surface area contributed by atoms with Crippen molar-refractivity contribution >= 4 is 27.3 Å². The van der Waals surface area contributed by atoms with Crippen molar-refractivity contribution in [3.63, 3.8) is 0 Å². The molecule has 0 aliphatic carbocycles. The van der Waals surface area contributed by atoms with Crippen molar-refractivity contribution in [1.29, 1.82) is 0 Å². The lowest BCUT2D eigenvalue weighted by Crippen LogP contribution is -2.14. The van der Waals surface area contributed by atoms with Crippen molar-refractivity contribution in [1.82, 2.24) is 4.98 Å². The first-order valence-electron chi connectivity index (χ1n) is 4.89. The van der Waals surface area contributed by atoms with Gasteiger partial charge in [-0.2, -0.15) is 0 Å². The van der Waals surface area contributed by atoms with Gasteiger partial charge in [0, 0.05) is 15.4 Å². The van der Waals surface area contributed by atoms with Crippen LogP contribution in [0.3, 0.4) is 0 Å². The second-order valence-corrected chi connectivity index (χ2v) is 5.26. The molecule has 0 spiro atoms. The Morgan fingerprint density at radius 3 is 3.00 bits per heavy atom. The Bertz CT molecular complexity index is 532. The summed E-state index contributed by atoms with van der Waals surface area (Å²) in [6.07, 6.45) is 0. The van der Waals surface area contributed by atoms with Gasteiger partial charge in [-0.15, -0.1) is 11.3 Å². The standard InChI is InChI=1S/C11H10BrFN2OS/c12-6-1-2-8(13)7(3-6)11-15-10(5-17-11)9(14)4-16/h1-3,5,9,16H,4,14H2. The third-order valence-corrected chi connectivity index (χ3v) is 3.64. The highest BCUT2D eigenvalue weighted by Gasteiger charge is 2.13. The van der Waals surface area contributed by atoms with Gasteiger partial charge in [-0.3, -0.25) is 0 Å². The Kier molecular flexibility index (Phi) is 3.88. The maximum atomic E-state index is 13.6. The van der Waals surface area contributed by atoms with Crippen molar-refractivity contribution < 1.29 is 9.50 Å². The van der Waals surface area contributed by atoms with Gasteiger partial charge in [0.25, 0.3) is 0 Å². The maximum absolute atomic E-state index is 13.6. The van der Waals surface area contributed by atoms with E-state index in [1.165, 1.54) is 17.4 Å². The fourth-order valence-corrected chi connectivity index (χ4v) is 2.60. The molecule has 2 aromatic rings. The highest BCUT2D eigenvalue weighted by atomic mass is 79.9. The summed E-state index contributed by atoms with van der Waals surface area (Å²) in [5, 5.41) is 11.2. The molecule has 3 N–H and O–H groups in total. The largest absolute Gasteiger partial charge is 0.394 e. The number of rotatable bonds is 3. The summed E-state index contributed by atoms with van der Waals surface area (Å²) >= 11 is 4.59. The van der Waals surface area contributed by atoms with Crippen LogP contribution in [0.2, 0.25) is 0 Å². The smallest absolute Gasteiger partial charge is 0.133 e. The Morgan fingerprint density at radius 2 is 2.29 bits per heavy atom. The van der Waals surface area contributed by atoms with Crippen molar-refractivity contribution in [3.8, 4) is 10.6 Å².